The van der Waals surface area contributed by atoms with Gasteiger partial charge in [0, 0.05) is 57.0 Å². The SMILES string of the molecule is COCCNCCOc1ccc([C@H](C)N2C[C@H]3C[C@@H]2CN3C(=O)c2ccc(C(F)(F)F)cc2)c(C)c1C. The van der Waals surface area contributed by atoms with Crippen LogP contribution in [0.1, 0.15) is 52.0 Å². The molecule has 0 aromatic heterocycles. The van der Waals surface area contributed by atoms with Gasteiger partial charge in [0.25, 0.3) is 5.91 Å². The van der Waals surface area contributed by atoms with Gasteiger partial charge in [-0.3, -0.25) is 9.69 Å². The second kappa shape index (κ2) is 11.4. The van der Waals surface area contributed by atoms with Crippen molar-refractivity contribution in [1.82, 2.24) is 15.1 Å². The quantitative estimate of drug-likeness (QED) is 0.465. The fourth-order valence-corrected chi connectivity index (χ4v) is 5.53. The number of carbonyl (C=O) groups excluding carboxylic acids is 1. The van der Waals surface area contributed by atoms with Gasteiger partial charge in [0.05, 0.1) is 12.2 Å². The largest absolute Gasteiger partial charge is 0.492 e. The molecule has 2 heterocycles. The third-order valence-electron chi connectivity index (χ3n) is 7.75. The van der Waals surface area contributed by atoms with E-state index >= 15 is 0 Å². The summed E-state index contributed by atoms with van der Waals surface area (Å²) in [4.78, 5) is 17.3. The van der Waals surface area contributed by atoms with Gasteiger partial charge in [-0.25, -0.2) is 0 Å². The molecule has 2 aromatic rings. The molecule has 37 heavy (non-hydrogen) atoms. The number of hydrogen-bond acceptors (Lipinski definition) is 5. The Bertz CT molecular complexity index is 1090. The molecule has 2 aliphatic heterocycles. The number of rotatable bonds is 10. The van der Waals surface area contributed by atoms with Crippen LogP contribution >= 0.6 is 0 Å². The Morgan fingerprint density at radius 2 is 1.73 bits per heavy atom. The first-order valence-corrected chi connectivity index (χ1v) is 12.8. The Labute approximate surface area is 216 Å². The van der Waals surface area contributed by atoms with E-state index in [1.807, 2.05) is 11.0 Å². The standard InChI is InChI=1S/C28H36F3N3O3/c1-18-19(2)26(37-14-12-32-11-13-36-4)10-9-25(18)20(3)33-16-24-15-23(33)17-34(24)27(35)21-5-7-22(8-6-21)28(29,30)31/h5-10,20,23-24,32H,11-17H2,1-4H3/t20-,23+,24+/m0/s1. The molecule has 0 unspecified atom stereocenters. The van der Waals surface area contributed by atoms with Gasteiger partial charge in [-0.05, 0) is 74.2 Å². The fourth-order valence-electron chi connectivity index (χ4n) is 5.53. The van der Waals surface area contributed by atoms with E-state index in [0.29, 0.717) is 25.3 Å². The molecule has 0 radical (unpaired) electrons. The van der Waals surface area contributed by atoms with Crippen molar-refractivity contribution in [3.63, 3.8) is 0 Å². The first kappa shape index (κ1) is 27.4. The summed E-state index contributed by atoms with van der Waals surface area (Å²) >= 11 is 0. The maximum absolute atomic E-state index is 13.0. The first-order chi connectivity index (χ1) is 17.6. The number of ether oxygens (including phenoxy) is 2. The molecule has 202 valence electrons. The van der Waals surface area contributed by atoms with Crippen molar-refractivity contribution in [2.24, 2.45) is 0 Å². The van der Waals surface area contributed by atoms with Crippen LogP contribution < -0.4 is 10.1 Å². The number of nitrogens with zero attached hydrogens (tertiary/aromatic N) is 2. The van der Waals surface area contributed by atoms with E-state index in [9.17, 15) is 18.0 Å². The van der Waals surface area contributed by atoms with E-state index in [1.165, 1.54) is 23.3 Å². The number of nitrogens with one attached hydrogen (secondary N) is 1. The summed E-state index contributed by atoms with van der Waals surface area (Å²) in [6.07, 6.45) is -3.53. The lowest BCUT2D eigenvalue weighted by atomic mass is 9.96. The Kier molecular flexibility index (Phi) is 8.46. The van der Waals surface area contributed by atoms with Crippen molar-refractivity contribution in [2.75, 3.05) is 46.5 Å². The summed E-state index contributed by atoms with van der Waals surface area (Å²) in [5.74, 6) is 0.692. The second-order valence-corrected chi connectivity index (χ2v) is 9.94. The number of methoxy groups -OCH3 is 1. The highest BCUT2D eigenvalue weighted by molar-refractivity contribution is 5.94. The summed E-state index contributed by atoms with van der Waals surface area (Å²) in [5, 5.41) is 3.27. The Morgan fingerprint density at radius 1 is 1.03 bits per heavy atom. The Hall–Kier alpha value is -2.62. The van der Waals surface area contributed by atoms with Gasteiger partial charge in [0.15, 0.2) is 0 Å². The molecule has 2 aromatic carbocycles. The van der Waals surface area contributed by atoms with E-state index in [0.717, 1.165) is 49.5 Å². The maximum Gasteiger partial charge on any atom is 0.416 e. The van der Waals surface area contributed by atoms with Crippen LogP contribution in [-0.4, -0.2) is 74.3 Å². The maximum atomic E-state index is 13.0. The van der Waals surface area contributed by atoms with Crippen LogP contribution in [0, 0.1) is 13.8 Å². The lowest BCUT2D eigenvalue weighted by molar-refractivity contribution is -0.137. The van der Waals surface area contributed by atoms with Crippen LogP contribution in [0.25, 0.3) is 0 Å². The van der Waals surface area contributed by atoms with E-state index in [-0.39, 0.29) is 24.0 Å². The van der Waals surface area contributed by atoms with Gasteiger partial charge in [-0.15, -0.1) is 0 Å². The number of halogens is 3. The molecule has 2 aliphatic rings. The van der Waals surface area contributed by atoms with Crippen LogP contribution in [0.2, 0.25) is 0 Å². The molecular formula is C28H36F3N3O3. The molecule has 2 bridgehead atoms. The summed E-state index contributed by atoms with van der Waals surface area (Å²) in [6.45, 7) is 10.5. The average molecular weight is 520 g/mol. The predicted molar refractivity (Wildman–Crippen MR) is 136 cm³/mol. The predicted octanol–water partition coefficient (Wildman–Crippen LogP) is 4.60. The van der Waals surface area contributed by atoms with Crippen LogP contribution in [0.5, 0.6) is 5.75 Å². The second-order valence-electron chi connectivity index (χ2n) is 9.94. The van der Waals surface area contributed by atoms with Gasteiger partial charge in [0.1, 0.15) is 12.4 Å². The number of benzene rings is 2. The van der Waals surface area contributed by atoms with Crippen molar-refractivity contribution in [3.8, 4) is 5.75 Å². The minimum atomic E-state index is -4.41. The number of amides is 1. The summed E-state index contributed by atoms with van der Waals surface area (Å²) in [6, 6.07) is 9.17. The molecule has 4 rings (SSSR count). The molecule has 1 amide bonds. The fraction of sp³-hybridized carbons (Fsp3) is 0.536. The highest BCUT2D eigenvalue weighted by Crippen LogP contribution is 2.39. The van der Waals surface area contributed by atoms with Crippen molar-refractivity contribution in [2.45, 2.75) is 51.5 Å². The van der Waals surface area contributed by atoms with E-state index in [1.54, 1.807) is 7.11 Å². The summed E-state index contributed by atoms with van der Waals surface area (Å²) in [5.41, 5.74) is 3.14. The van der Waals surface area contributed by atoms with E-state index in [2.05, 4.69) is 37.1 Å². The highest BCUT2D eigenvalue weighted by Gasteiger charge is 2.47. The third-order valence-corrected chi connectivity index (χ3v) is 7.75. The number of fused-ring (bicyclic) bond motifs is 2. The minimum absolute atomic E-state index is 0.0665. The number of carbonyl (C=O) groups is 1. The third kappa shape index (κ3) is 5.94. The number of hydrogen-bond donors (Lipinski definition) is 1. The minimum Gasteiger partial charge on any atom is -0.492 e. The topological polar surface area (TPSA) is 54.0 Å². The van der Waals surface area contributed by atoms with Gasteiger partial charge >= 0.3 is 6.18 Å². The van der Waals surface area contributed by atoms with E-state index < -0.39 is 11.7 Å². The van der Waals surface area contributed by atoms with Crippen molar-refractivity contribution in [1.29, 1.82) is 0 Å². The van der Waals surface area contributed by atoms with Gasteiger partial charge in [0.2, 0.25) is 0 Å². The zero-order valence-electron chi connectivity index (χ0n) is 21.9. The Morgan fingerprint density at radius 3 is 2.35 bits per heavy atom. The summed E-state index contributed by atoms with van der Waals surface area (Å²) < 4.78 is 49.6. The van der Waals surface area contributed by atoms with Crippen molar-refractivity contribution >= 4 is 5.91 Å². The van der Waals surface area contributed by atoms with Gasteiger partial charge in [-0.2, -0.15) is 13.2 Å². The molecule has 0 saturated carbocycles. The summed E-state index contributed by atoms with van der Waals surface area (Å²) in [7, 11) is 1.68. The zero-order chi connectivity index (χ0) is 26.7. The monoisotopic (exact) mass is 519 g/mol. The molecule has 6 nitrogen and oxygen atoms in total. The molecule has 2 fully saturated rings. The molecule has 1 N–H and O–H groups in total. The molecule has 3 atom stereocenters. The van der Waals surface area contributed by atoms with Crippen LogP contribution in [0.15, 0.2) is 36.4 Å². The molecule has 0 spiro atoms. The normalized spacial score (nSPS) is 20.5. The highest BCUT2D eigenvalue weighted by atomic mass is 19.4. The lowest BCUT2D eigenvalue weighted by Gasteiger charge is -2.38. The van der Waals surface area contributed by atoms with Crippen molar-refractivity contribution in [3.05, 3.63) is 64.2 Å². The number of likely N-dealkylation sites (tertiary alicyclic amines) is 2. The smallest absolute Gasteiger partial charge is 0.416 e. The molecule has 2 saturated heterocycles. The van der Waals surface area contributed by atoms with Crippen LogP contribution in [0.4, 0.5) is 13.2 Å². The zero-order valence-corrected chi connectivity index (χ0v) is 21.9. The molecular weight excluding hydrogens is 483 g/mol. The Balaban J connectivity index is 1.36. The number of piperazine rings is 1. The lowest BCUT2D eigenvalue weighted by Crippen LogP contribution is -2.49. The number of alkyl halides is 3. The van der Waals surface area contributed by atoms with Crippen LogP contribution in [-0.2, 0) is 10.9 Å². The molecule has 0 aliphatic carbocycles. The molecule has 9 heteroatoms. The first-order valence-electron chi connectivity index (χ1n) is 12.8. The van der Waals surface area contributed by atoms with Crippen molar-refractivity contribution < 1.29 is 27.4 Å². The van der Waals surface area contributed by atoms with E-state index in [4.69, 9.17) is 9.47 Å². The van der Waals surface area contributed by atoms with Gasteiger partial charge < -0.3 is 19.7 Å². The van der Waals surface area contributed by atoms with Crippen LogP contribution in [0.3, 0.4) is 0 Å². The van der Waals surface area contributed by atoms with Gasteiger partial charge in [-0.1, -0.05) is 6.07 Å². The average Bonchev–Trinajstić information content (AvgIpc) is 3.49.